The average molecular weight is 340 g/mol. The smallest absolute Gasteiger partial charge is 0.321 e. The van der Waals surface area contributed by atoms with Crippen LogP contribution < -0.4 is 10.6 Å². The van der Waals surface area contributed by atoms with E-state index < -0.39 is 0 Å². The van der Waals surface area contributed by atoms with Crippen LogP contribution in [-0.2, 0) is 6.42 Å². The highest BCUT2D eigenvalue weighted by Crippen LogP contribution is 2.22. The van der Waals surface area contributed by atoms with Crippen molar-refractivity contribution in [2.75, 3.05) is 11.9 Å². The van der Waals surface area contributed by atoms with Gasteiger partial charge in [0, 0.05) is 17.9 Å². The molecular formula is C14H20N4O2S2. The van der Waals surface area contributed by atoms with Gasteiger partial charge in [0.1, 0.15) is 5.01 Å². The van der Waals surface area contributed by atoms with Crippen molar-refractivity contribution >= 4 is 33.8 Å². The molecule has 8 heteroatoms. The first-order valence-corrected chi connectivity index (χ1v) is 8.82. The minimum Gasteiger partial charge on any atom is -0.396 e. The topological polar surface area (TPSA) is 87.1 Å². The van der Waals surface area contributed by atoms with Crippen molar-refractivity contribution in [2.45, 2.75) is 32.7 Å². The maximum absolute atomic E-state index is 12.1. The minimum atomic E-state index is -0.334. The molecule has 0 radical (unpaired) electrons. The Kier molecular flexibility index (Phi) is 6.29. The number of hydrogen-bond donors (Lipinski definition) is 3. The molecule has 0 fully saturated rings. The fourth-order valence-corrected chi connectivity index (χ4v) is 3.69. The summed E-state index contributed by atoms with van der Waals surface area (Å²) in [7, 11) is 0. The lowest BCUT2D eigenvalue weighted by atomic mass is 10.1. The molecule has 3 N–H and O–H groups in total. The first kappa shape index (κ1) is 16.9. The van der Waals surface area contributed by atoms with Gasteiger partial charge in [-0.05, 0) is 23.8 Å². The number of hydrogen-bond acceptors (Lipinski definition) is 6. The summed E-state index contributed by atoms with van der Waals surface area (Å²) in [6.07, 6.45) is 1.33. The monoisotopic (exact) mass is 340 g/mol. The van der Waals surface area contributed by atoms with Crippen molar-refractivity contribution in [1.82, 2.24) is 15.5 Å². The van der Waals surface area contributed by atoms with E-state index in [1.807, 2.05) is 17.5 Å². The molecule has 22 heavy (non-hydrogen) atoms. The van der Waals surface area contributed by atoms with Gasteiger partial charge in [0.05, 0.1) is 6.04 Å². The van der Waals surface area contributed by atoms with Crippen molar-refractivity contribution in [3.8, 4) is 0 Å². The number of aliphatic hydroxyl groups excluding tert-OH is 1. The molecule has 0 saturated heterocycles. The van der Waals surface area contributed by atoms with Gasteiger partial charge in [-0.1, -0.05) is 31.3 Å². The van der Waals surface area contributed by atoms with Crippen molar-refractivity contribution in [2.24, 2.45) is 5.92 Å². The normalized spacial score (nSPS) is 12.4. The summed E-state index contributed by atoms with van der Waals surface area (Å²) < 4.78 is 0. The molecule has 0 spiro atoms. The Balaban J connectivity index is 1.92. The first-order chi connectivity index (χ1) is 10.6. The Bertz CT molecular complexity index is 583. The van der Waals surface area contributed by atoms with Crippen LogP contribution in [0.4, 0.5) is 9.93 Å². The van der Waals surface area contributed by atoms with Gasteiger partial charge in [-0.3, -0.25) is 5.32 Å². The number of aliphatic hydroxyl groups is 1. The number of thiophene rings is 1. The highest BCUT2D eigenvalue weighted by molar-refractivity contribution is 7.15. The van der Waals surface area contributed by atoms with Gasteiger partial charge >= 0.3 is 6.03 Å². The second kappa shape index (κ2) is 8.21. The van der Waals surface area contributed by atoms with Crippen LogP contribution in [0.5, 0.6) is 0 Å². The summed E-state index contributed by atoms with van der Waals surface area (Å²) in [5.74, 6) is 0.502. The number of rotatable bonds is 7. The molecule has 0 aliphatic carbocycles. The van der Waals surface area contributed by atoms with E-state index in [9.17, 15) is 4.79 Å². The van der Waals surface area contributed by atoms with Gasteiger partial charge in [-0.2, -0.15) is 0 Å². The molecular weight excluding hydrogens is 320 g/mol. The predicted molar refractivity (Wildman–Crippen MR) is 89.4 cm³/mol. The molecule has 2 rings (SSSR count). The standard InChI is InChI=1S/C14H20N4O2S2/c1-9(2)8-12-17-18-14(22-12)16-13(20)15-10(5-6-19)11-4-3-7-21-11/h3-4,7,9-10,19H,5-6,8H2,1-2H3,(H2,15,16,18,20)/t10-/m0/s1. The maximum Gasteiger partial charge on any atom is 0.321 e. The van der Waals surface area contributed by atoms with Gasteiger partial charge in [-0.25, -0.2) is 4.79 Å². The van der Waals surface area contributed by atoms with E-state index in [1.165, 1.54) is 11.3 Å². The van der Waals surface area contributed by atoms with Gasteiger partial charge < -0.3 is 10.4 Å². The van der Waals surface area contributed by atoms with E-state index in [-0.39, 0.29) is 18.7 Å². The molecule has 120 valence electrons. The third-order valence-electron chi connectivity index (χ3n) is 2.88. The molecule has 6 nitrogen and oxygen atoms in total. The van der Waals surface area contributed by atoms with Crippen molar-refractivity contribution in [1.29, 1.82) is 0 Å². The summed E-state index contributed by atoms with van der Waals surface area (Å²) in [5, 5.41) is 26.1. The SMILES string of the molecule is CC(C)Cc1nnc(NC(=O)N[C@@H](CCO)c2cccs2)s1. The van der Waals surface area contributed by atoms with E-state index in [2.05, 4.69) is 34.7 Å². The molecule has 0 aromatic carbocycles. The molecule has 0 saturated carbocycles. The number of carbonyl (C=O) groups excluding carboxylic acids is 1. The van der Waals surface area contributed by atoms with Crippen LogP contribution in [0.3, 0.4) is 0 Å². The van der Waals surface area contributed by atoms with Crippen LogP contribution in [0.1, 0.15) is 36.2 Å². The fraction of sp³-hybridized carbons (Fsp3) is 0.500. The van der Waals surface area contributed by atoms with Crippen LogP contribution in [-0.4, -0.2) is 27.9 Å². The Morgan fingerprint density at radius 2 is 2.23 bits per heavy atom. The Morgan fingerprint density at radius 1 is 1.41 bits per heavy atom. The summed E-state index contributed by atoms with van der Waals surface area (Å²) in [6.45, 7) is 4.24. The molecule has 0 aliphatic heterocycles. The minimum absolute atomic E-state index is 0.0141. The van der Waals surface area contributed by atoms with Crippen LogP contribution in [0.2, 0.25) is 0 Å². The lowest BCUT2D eigenvalue weighted by Gasteiger charge is -2.16. The maximum atomic E-state index is 12.1. The van der Waals surface area contributed by atoms with Crippen LogP contribution in [0, 0.1) is 5.92 Å². The Hall–Kier alpha value is -1.51. The number of aromatic nitrogens is 2. The molecule has 1 atom stereocenters. The predicted octanol–water partition coefficient (Wildman–Crippen LogP) is 3.04. The van der Waals surface area contributed by atoms with Crippen molar-refractivity contribution in [3.05, 3.63) is 27.4 Å². The molecule has 0 unspecified atom stereocenters. The van der Waals surface area contributed by atoms with E-state index in [1.54, 1.807) is 11.3 Å². The van der Waals surface area contributed by atoms with Crippen molar-refractivity contribution < 1.29 is 9.90 Å². The number of nitrogens with one attached hydrogen (secondary N) is 2. The Labute approximate surface area is 137 Å². The lowest BCUT2D eigenvalue weighted by molar-refractivity contribution is 0.239. The van der Waals surface area contributed by atoms with Crippen LogP contribution in [0.25, 0.3) is 0 Å². The second-order valence-corrected chi connectivity index (χ2v) is 7.32. The number of nitrogens with zero attached hydrogens (tertiary/aromatic N) is 2. The van der Waals surface area contributed by atoms with Gasteiger partial charge in [0.2, 0.25) is 5.13 Å². The van der Waals surface area contributed by atoms with Gasteiger partial charge in [-0.15, -0.1) is 21.5 Å². The zero-order chi connectivity index (χ0) is 15.9. The van der Waals surface area contributed by atoms with Crippen LogP contribution in [0.15, 0.2) is 17.5 Å². The molecule has 2 aromatic heterocycles. The van der Waals surface area contributed by atoms with Crippen molar-refractivity contribution in [3.63, 3.8) is 0 Å². The Morgan fingerprint density at radius 3 is 2.86 bits per heavy atom. The summed E-state index contributed by atoms with van der Waals surface area (Å²) in [5.41, 5.74) is 0. The molecule has 2 amide bonds. The second-order valence-electron chi connectivity index (χ2n) is 5.28. The third-order valence-corrected chi connectivity index (χ3v) is 4.73. The van der Waals surface area contributed by atoms with E-state index in [4.69, 9.17) is 5.11 Å². The quantitative estimate of drug-likeness (QED) is 0.723. The molecule has 2 aromatic rings. The highest BCUT2D eigenvalue weighted by Gasteiger charge is 2.16. The van der Waals surface area contributed by atoms with Gasteiger partial charge in [0.15, 0.2) is 0 Å². The summed E-state index contributed by atoms with van der Waals surface area (Å²) >= 11 is 2.94. The lowest BCUT2D eigenvalue weighted by Crippen LogP contribution is -2.32. The van der Waals surface area contributed by atoms with E-state index in [0.29, 0.717) is 17.5 Å². The zero-order valence-corrected chi connectivity index (χ0v) is 14.2. The average Bonchev–Trinajstić information content (AvgIpc) is 3.09. The number of anilines is 1. The fourth-order valence-electron chi connectivity index (χ4n) is 1.93. The van der Waals surface area contributed by atoms with Gasteiger partial charge in [0.25, 0.3) is 0 Å². The summed E-state index contributed by atoms with van der Waals surface area (Å²) in [4.78, 5) is 13.1. The molecule has 0 bridgehead atoms. The number of amides is 2. The molecule has 2 heterocycles. The highest BCUT2D eigenvalue weighted by atomic mass is 32.1. The first-order valence-electron chi connectivity index (χ1n) is 7.12. The zero-order valence-electron chi connectivity index (χ0n) is 12.6. The van der Waals surface area contributed by atoms with Crippen LogP contribution >= 0.6 is 22.7 Å². The third kappa shape index (κ3) is 5.04. The number of carbonyl (C=O) groups is 1. The summed E-state index contributed by atoms with van der Waals surface area (Å²) in [6, 6.07) is 3.33. The van der Waals surface area contributed by atoms with E-state index in [0.717, 1.165) is 16.3 Å². The molecule has 0 aliphatic rings. The largest absolute Gasteiger partial charge is 0.396 e. The van der Waals surface area contributed by atoms with E-state index >= 15 is 0 Å². The number of urea groups is 1.